The standard InChI is InChI=1S/C37H40N2O3S2/c1-4-6-7-8-13-25-21-35(43-33(25)23-28(24-38)37(40)41)36-27(14-11-12-19-42-3)22-34(44-36)26-17-18-32-30(20-26)29-15-9-10-16-31(29)39(32)5-2/h9-10,15-18,20-23H,4-8,11-14,19H2,1-3H3,(H,40,41)/b28-23+. The number of rotatable bonds is 15. The highest BCUT2D eigenvalue weighted by molar-refractivity contribution is 7.24. The second-order valence-corrected chi connectivity index (χ2v) is 13.3. The molecule has 0 radical (unpaired) electrons. The third-order valence-electron chi connectivity index (χ3n) is 8.22. The lowest BCUT2D eigenvalue weighted by Gasteiger charge is -2.03. The third kappa shape index (κ3) is 6.83. The summed E-state index contributed by atoms with van der Waals surface area (Å²) < 4.78 is 7.70. The highest BCUT2D eigenvalue weighted by Crippen LogP contribution is 2.44. The van der Waals surface area contributed by atoms with Crippen molar-refractivity contribution in [3.8, 4) is 26.3 Å². The summed E-state index contributed by atoms with van der Waals surface area (Å²) in [4.78, 5) is 16.2. The van der Waals surface area contributed by atoms with Gasteiger partial charge in [-0.05, 0) is 92.1 Å². The summed E-state index contributed by atoms with van der Waals surface area (Å²) >= 11 is 3.42. The molecule has 1 N–H and O–H groups in total. The Hall–Kier alpha value is -3.70. The largest absolute Gasteiger partial charge is 0.477 e. The van der Waals surface area contributed by atoms with E-state index in [-0.39, 0.29) is 5.57 Å². The maximum absolute atomic E-state index is 11.7. The Labute approximate surface area is 268 Å². The molecular formula is C37H40N2O3S2. The highest BCUT2D eigenvalue weighted by atomic mass is 32.1. The third-order valence-corrected chi connectivity index (χ3v) is 10.7. The number of methoxy groups -OCH3 is 1. The number of benzene rings is 2. The Morgan fingerprint density at radius 1 is 0.909 bits per heavy atom. The number of nitrogens with zero attached hydrogens (tertiary/aromatic N) is 2. The van der Waals surface area contributed by atoms with Crippen molar-refractivity contribution in [2.75, 3.05) is 13.7 Å². The minimum Gasteiger partial charge on any atom is -0.477 e. The second kappa shape index (κ2) is 14.9. The molecule has 5 aromatic rings. The van der Waals surface area contributed by atoms with Crippen molar-refractivity contribution >= 4 is 56.5 Å². The lowest BCUT2D eigenvalue weighted by atomic mass is 10.0. The lowest BCUT2D eigenvalue weighted by molar-refractivity contribution is -0.132. The normalized spacial score (nSPS) is 11.9. The van der Waals surface area contributed by atoms with Gasteiger partial charge in [-0.3, -0.25) is 0 Å². The van der Waals surface area contributed by atoms with Crippen molar-refractivity contribution in [1.29, 1.82) is 5.26 Å². The van der Waals surface area contributed by atoms with Gasteiger partial charge >= 0.3 is 5.97 Å². The van der Waals surface area contributed by atoms with Gasteiger partial charge in [0, 0.05) is 61.6 Å². The molecule has 0 atom stereocenters. The summed E-state index contributed by atoms with van der Waals surface area (Å²) in [6.45, 7) is 6.06. The van der Waals surface area contributed by atoms with Crippen molar-refractivity contribution in [3.05, 3.63) is 76.2 Å². The molecule has 0 fully saturated rings. The van der Waals surface area contributed by atoms with E-state index < -0.39 is 5.97 Å². The number of carbonyl (C=O) groups is 1. The Kier molecular flexibility index (Phi) is 10.7. The molecule has 0 amide bonds. The van der Waals surface area contributed by atoms with E-state index in [0.29, 0.717) is 0 Å². The first-order valence-corrected chi connectivity index (χ1v) is 17.2. The minimum atomic E-state index is -1.18. The van der Waals surface area contributed by atoms with Gasteiger partial charge in [-0.15, -0.1) is 22.7 Å². The van der Waals surface area contributed by atoms with Gasteiger partial charge in [-0.2, -0.15) is 5.26 Å². The molecule has 0 unspecified atom stereocenters. The van der Waals surface area contributed by atoms with Gasteiger partial charge in [0.2, 0.25) is 0 Å². The average Bonchev–Trinajstić information content (AvgIpc) is 3.73. The van der Waals surface area contributed by atoms with E-state index in [2.05, 4.69) is 73.0 Å². The second-order valence-electron chi connectivity index (χ2n) is 11.2. The average molecular weight is 625 g/mol. The first kappa shape index (κ1) is 31.7. The number of thiophene rings is 2. The quantitative estimate of drug-likeness (QED) is 0.0714. The van der Waals surface area contributed by atoms with E-state index in [1.165, 1.54) is 49.1 Å². The van der Waals surface area contributed by atoms with E-state index >= 15 is 0 Å². The van der Waals surface area contributed by atoms with Crippen LogP contribution in [0.4, 0.5) is 0 Å². The van der Waals surface area contributed by atoms with Gasteiger partial charge < -0.3 is 14.4 Å². The van der Waals surface area contributed by atoms with Crippen LogP contribution in [0.5, 0.6) is 0 Å². The molecule has 44 heavy (non-hydrogen) atoms. The number of para-hydroxylation sites is 1. The number of carboxylic acids is 1. The number of ether oxygens (including phenoxy) is 1. The topological polar surface area (TPSA) is 75.2 Å². The monoisotopic (exact) mass is 624 g/mol. The molecule has 0 spiro atoms. The van der Waals surface area contributed by atoms with Crippen LogP contribution < -0.4 is 0 Å². The molecule has 228 valence electrons. The number of carboxylic acid groups (broad SMARTS) is 1. The minimum absolute atomic E-state index is 0.223. The fraction of sp³-hybridized carbons (Fsp3) is 0.351. The van der Waals surface area contributed by atoms with Crippen LogP contribution in [0.1, 0.15) is 68.4 Å². The molecule has 5 rings (SSSR count). The van der Waals surface area contributed by atoms with Crippen molar-refractivity contribution in [1.82, 2.24) is 4.57 Å². The molecule has 7 heteroatoms. The summed E-state index contributed by atoms with van der Waals surface area (Å²) in [5.74, 6) is -1.18. The van der Waals surface area contributed by atoms with Gasteiger partial charge in [-0.1, -0.05) is 50.5 Å². The van der Waals surface area contributed by atoms with Crippen molar-refractivity contribution in [2.45, 2.75) is 71.8 Å². The van der Waals surface area contributed by atoms with Crippen molar-refractivity contribution < 1.29 is 14.6 Å². The zero-order valence-electron chi connectivity index (χ0n) is 25.8. The number of nitriles is 1. The Morgan fingerprint density at radius 3 is 2.41 bits per heavy atom. The molecule has 5 nitrogen and oxygen atoms in total. The van der Waals surface area contributed by atoms with Gasteiger partial charge in [0.15, 0.2) is 0 Å². The van der Waals surface area contributed by atoms with Crippen LogP contribution in [0.3, 0.4) is 0 Å². The molecule has 0 saturated heterocycles. The van der Waals surface area contributed by atoms with Gasteiger partial charge in [-0.25, -0.2) is 4.79 Å². The van der Waals surface area contributed by atoms with Crippen LogP contribution in [0, 0.1) is 11.3 Å². The summed E-state index contributed by atoms with van der Waals surface area (Å²) in [6, 6.07) is 21.9. The maximum atomic E-state index is 11.7. The van der Waals surface area contributed by atoms with Gasteiger partial charge in [0.05, 0.1) is 0 Å². The highest BCUT2D eigenvalue weighted by Gasteiger charge is 2.19. The first-order valence-electron chi connectivity index (χ1n) is 15.6. The predicted octanol–water partition coefficient (Wildman–Crippen LogP) is 10.4. The molecule has 0 aliphatic carbocycles. The molecule has 0 aliphatic rings. The summed E-state index contributed by atoms with van der Waals surface area (Å²) in [7, 11) is 1.75. The Morgan fingerprint density at radius 2 is 1.66 bits per heavy atom. The van der Waals surface area contributed by atoms with Crippen molar-refractivity contribution in [2.24, 2.45) is 0 Å². The van der Waals surface area contributed by atoms with E-state index in [4.69, 9.17) is 4.74 Å². The molecule has 0 bridgehead atoms. The zero-order chi connectivity index (χ0) is 31.1. The van der Waals surface area contributed by atoms with Crippen LogP contribution in [0.15, 0.2) is 60.2 Å². The van der Waals surface area contributed by atoms with Crippen LogP contribution in [-0.2, 0) is 28.9 Å². The first-order chi connectivity index (χ1) is 21.5. The number of aryl methyl sites for hydroxylation is 3. The van der Waals surface area contributed by atoms with Crippen LogP contribution >= 0.6 is 22.7 Å². The summed E-state index contributed by atoms with van der Waals surface area (Å²) in [5.41, 5.74) is 5.94. The number of unbranched alkanes of at least 4 members (excludes halogenated alkanes) is 4. The Bertz CT molecular complexity index is 1830. The number of aromatic nitrogens is 1. The Balaban J connectivity index is 1.59. The fourth-order valence-corrected chi connectivity index (χ4v) is 8.46. The van der Waals surface area contributed by atoms with E-state index in [1.807, 2.05) is 17.4 Å². The number of aliphatic carboxylic acids is 1. The number of hydrogen-bond donors (Lipinski definition) is 1. The van der Waals surface area contributed by atoms with Gasteiger partial charge in [0.25, 0.3) is 0 Å². The fourth-order valence-electron chi connectivity index (χ4n) is 5.96. The van der Waals surface area contributed by atoms with E-state index in [1.54, 1.807) is 24.5 Å². The zero-order valence-corrected chi connectivity index (χ0v) is 27.5. The van der Waals surface area contributed by atoms with Crippen LogP contribution in [0.2, 0.25) is 0 Å². The molecular weight excluding hydrogens is 585 g/mol. The van der Waals surface area contributed by atoms with Crippen molar-refractivity contribution in [3.63, 3.8) is 0 Å². The predicted molar refractivity (Wildman–Crippen MR) is 186 cm³/mol. The van der Waals surface area contributed by atoms with E-state index in [9.17, 15) is 15.2 Å². The lowest BCUT2D eigenvalue weighted by Crippen LogP contribution is -1.97. The molecule has 0 aliphatic heterocycles. The molecule has 3 aromatic heterocycles. The molecule has 0 saturated carbocycles. The molecule has 2 aromatic carbocycles. The SMILES string of the molecule is CCCCCCc1cc(-c2sc(-c3ccc4c(c3)c3ccccc3n4CC)cc2CCCCOC)sc1/C=C(\C#N)C(=O)O. The molecule has 3 heterocycles. The van der Waals surface area contributed by atoms with E-state index in [0.717, 1.165) is 73.4 Å². The summed E-state index contributed by atoms with van der Waals surface area (Å²) in [6.07, 6.45) is 9.94. The van der Waals surface area contributed by atoms with Crippen LogP contribution in [-0.4, -0.2) is 29.4 Å². The number of fused-ring (bicyclic) bond motifs is 3. The summed E-state index contributed by atoms with van der Waals surface area (Å²) in [5, 5.41) is 21.6. The van der Waals surface area contributed by atoms with Gasteiger partial charge in [0.1, 0.15) is 11.6 Å². The van der Waals surface area contributed by atoms with Crippen LogP contribution in [0.25, 0.3) is 48.1 Å². The maximum Gasteiger partial charge on any atom is 0.346 e. The number of hydrogen-bond acceptors (Lipinski definition) is 5. The smallest absolute Gasteiger partial charge is 0.346 e.